The van der Waals surface area contributed by atoms with E-state index >= 15 is 0 Å². The summed E-state index contributed by atoms with van der Waals surface area (Å²) >= 11 is 0. The lowest BCUT2D eigenvalue weighted by Crippen LogP contribution is -2.36. The molecule has 0 radical (unpaired) electrons. The number of hydrogen-bond donors (Lipinski definition) is 1. The molecule has 3 aromatic rings. The third-order valence-electron chi connectivity index (χ3n) is 4.52. The van der Waals surface area contributed by atoms with Crippen molar-refractivity contribution in [3.05, 3.63) is 84.2 Å². The summed E-state index contributed by atoms with van der Waals surface area (Å²) in [5.41, 5.74) is 3.34. The zero-order valence-electron chi connectivity index (χ0n) is 17.1. The van der Waals surface area contributed by atoms with Gasteiger partial charge >= 0.3 is 0 Å². The molecule has 29 heavy (non-hydrogen) atoms. The summed E-state index contributed by atoms with van der Waals surface area (Å²) in [6, 6.07) is 19.6. The largest absolute Gasteiger partial charge is 0.494 e. The molecule has 0 aliphatic rings. The van der Waals surface area contributed by atoms with Crippen molar-refractivity contribution < 1.29 is 9.53 Å². The Bertz CT molecular complexity index is 924. The van der Waals surface area contributed by atoms with Crippen LogP contribution in [0.1, 0.15) is 36.7 Å². The first-order valence-electron chi connectivity index (χ1n) is 9.86. The second kappa shape index (κ2) is 9.73. The molecule has 2 aromatic carbocycles. The Labute approximate surface area is 172 Å². The maximum atomic E-state index is 13.2. The van der Waals surface area contributed by atoms with Crippen molar-refractivity contribution in [2.24, 2.45) is 0 Å². The van der Waals surface area contributed by atoms with Gasteiger partial charge in [-0.1, -0.05) is 30.3 Å². The van der Waals surface area contributed by atoms with Crippen LogP contribution in [0, 0.1) is 0 Å². The molecule has 1 amide bonds. The van der Waals surface area contributed by atoms with E-state index in [1.807, 2.05) is 86.3 Å². The van der Waals surface area contributed by atoms with Gasteiger partial charge in [0.25, 0.3) is 5.91 Å². The van der Waals surface area contributed by atoms with Gasteiger partial charge in [-0.05, 0) is 56.7 Å². The van der Waals surface area contributed by atoms with Crippen LogP contribution in [0.4, 0.5) is 11.4 Å². The quantitative estimate of drug-likeness (QED) is 0.570. The van der Waals surface area contributed by atoms with Crippen LogP contribution in [0.15, 0.2) is 73.1 Å². The summed E-state index contributed by atoms with van der Waals surface area (Å²) in [6.07, 6.45) is 3.33. The zero-order valence-corrected chi connectivity index (χ0v) is 17.1. The molecule has 0 saturated heterocycles. The Kier molecular flexibility index (Phi) is 6.85. The van der Waals surface area contributed by atoms with E-state index in [1.54, 1.807) is 12.4 Å². The molecule has 1 N–H and O–H groups in total. The first-order chi connectivity index (χ1) is 14.1. The Morgan fingerprint density at radius 3 is 2.41 bits per heavy atom. The van der Waals surface area contributed by atoms with Gasteiger partial charge in [0.2, 0.25) is 0 Å². The van der Waals surface area contributed by atoms with E-state index in [2.05, 4.69) is 10.3 Å². The van der Waals surface area contributed by atoms with E-state index in [-0.39, 0.29) is 11.9 Å². The predicted octanol–water partition coefficient (Wildman–Crippen LogP) is 5.27. The van der Waals surface area contributed by atoms with Gasteiger partial charge in [0, 0.05) is 24.5 Å². The fraction of sp³-hybridized carbons (Fsp3) is 0.250. The maximum Gasteiger partial charge on any atom is 0.256 e. The van der Waals surface area contributed by atoms with Crippen LogP contribution in [-0.2, 0) is 6.54 Å². The number of pyridine rings is 1. The molecule has 0 saturated carbocycles. The smallest absolute Gasteiger partial charge is 0.256 e. The van der Waals surface area contributed by atoms with Crippen molar-refractivity contribution >= 4 is 17.3 Å². The second-order valence-corrected chi connectivity index (χ2v) is 7.06. The molecule has 0 fully saturated rings. The number of amides is 1. The molecule has 3 rings (SSSR count). The van der Waals surface area contributed by atoms with E-state index in [9.17, 15) is 4.79 Å². The zero-order chi connectivity index (χ0) is 20.6. The number of hydrogen-bond acceptors (Lipinski definition) is 4. The first-order valence-corrected chi connectivity index (χ1v) is 9.86. The molecule has 5 heteroatoms. The number of carbonyl (C=O) groups excluding carboxylic acids is 1. The summed E-state index contributed by atoms with van der Waals surface area (Å²) < 4.78 is 5.47. The highest BCUT2D eigenvalue weighted by atomic mass is 16.5. The number of ether oxygens (including phenoxy) is 1. The van der Waals surface area contributed by atoms with Crippen molar-refractivity contribution in [2.45, 2.75) is 33.4 Å². The van der Waals surface area contributed by atoms with Crippen molar-refractivity contribution in [2.75, 3.05) is 11.9 Å². The minimum atomic E-state index is -0.0355. The van der Waals surface area contributed by atoms with Gasteiger partial charge in [-0.2, -0.15) is 0 Å². The summed E-state index contributed by atoms with van der Waals surface area (Å²) in [5, 5.41) is 3.30. The predicted molar refractivity (Wildman–Crippen MR) is 117 cm³/mol. The molecule has 0 aliphatic heterocycles. The second-order valence-electron chi connectivity index (χ2n) is 7.06. The van der Waals surface area contributed by atoms with Crippen LogP contribution in [0.2, 0.25) is 0 Å². The third kappa shape index (κ3) is 5.57. The van der Waals surface area contributed by atoms with Gasteiger partial charge < -0.3 is 15.0 Å². The van der Waals surface area contributed by atoms with E-state index in [0.717, 1.165) is 22.7 Å². The molecule has 5 nitrogen and oxygen atoms in total. The van der Waals surface area contributed by atoms with Gasteiger partial charge in [0.1, 0.15) is 5.75 Å². The van der Waals surface area contributed by atoms with Crippen LogP contribution in [0.3, 0.4) is 0 Å². The molecule has 1 aromatic heterocycles. The number of rotatable bonds is 8. The highest BCUT2D eigenvalue weighted by molar-refractivity contribution is 5.95. The lowest BCUT2D eigenvalue weighted by Gasteiger charge is -2.27. The fourth-order valence-electron chi connectivity index (χ4n) is 3.03. The molecular formula is C24H27N3O2. The van der Waals surface area contributed by atoms with Crippen molar-refractivity contribution in [3.8, 4) is 5.75 Å². The summed E-state index contributed by atoms with van der Waals surface area (Å²) in [4.78, 5) is 19.3. The van der Waals surface area contributed by atoms with Crippen LogP contribution >= 0.6 is 0 Å². The number of nitrogens with one attached hydrogen (secondary N) is 1. The minimum Gasteiger partial charge on any atom is -0.494 e. The number of benzene rings is 2. The van der Waals surface area contributed by atoms with Crippen LogP contribution in [0.25, 0.3) is 0 Å². The minimum absolute atomic E-state index is 0.0355. The van der Waals surface area contributed by atoms with Gasteiger partial charge in [0.15, 0.2) is 0 Å². The molecule has 0 bridgehead atoms. The van der Waals surface area contributed by atoms with Crippen LogP contribution in [-0.4, -0.2) is 28.4 Å². The number of aromatic nitrogens is 1. The molecular weight excluding hydrogens is 362 g/mol. The van der Waals surface area contributed by atoms with E-state index in [1.165, 1.54) is 0 Å². The van der Waals surface area contributed by atoms with E-state index in [0.29, 0.717) is 18.7 Å². The topological polar surface area (TPSA) is 54.5 Å². The van der Waals surface area contributed by atoms with Crippen molar-refractivity contribution in [3.63, 3.8) is 0 Å². The van der Waals surface area contributed by atoms with Crippen molar-refractivity contribution in [1.82, 2.24) is 9.88 Å². The lowest BCUT2D eigenvalue weighted by molar-refractivity contribution is 0.0690. The fourth-order valence-corrected chi connectivity index (χ4v) is 3.03. The number of anilines is 2. The summed E-state index contributed by atoms with van der Waals surface area (Å²) in [7, 11) is 0. The average molecular weight is 389 g/mol. The van der Waals surface area contributed by atoms with Gasteiger partial charge in [-0.25, -0.2) is 0 Å². The highest BCUT2D eigenvalue weighted by Gasteiger charge is 2.19. The van der Waals surface area contributed by atoms with Gasteiger partial charge in [-0.15, -0.1) is 0 Å². The van der Waals surface area contributed by atoms with Gasteiger partial charge in [-0.3, -0.25) is 9.78 Å². The third-order valence-corrected chi connectivity index (χ3v) is 4.52. The van der Waals surface area contributed by atoms with E-state index < -0.39 is 0 Å². The number of carbonyl (C=O) groups is 1. The highest BCUT2D eigenvalue weighted by Crippen LogP contribution is 2.21. The molecule has 0 unspecified atom stereocenters. The Balaban J connectivity index is 1.75. The molecule has 1 heterocycles. The molecule has 150 valence electrons. The summed E-state index contributed by atoms with van der Waals surface area (Å²) in [5.74, 6) is 0.792. The van der Waals surface area contributed by atoms with Crippen LogP contribution in [0.5, 0.6) is 5.75 Å². The maximum absolute atomic E-state index is 13.2. The lowest BCUT2D eigenvalue weighted by atomic mass is 10.1. The van der Waals surface area contributed by atoms with E-state index in [4.69, 9.17) is 4.74 Å². The molecule has 0 atom stereocenters. The standard InChI is InChI=1S/C24H27N3O2/c1-4-29-23-12-10-21(11-13-23)26-22-14-20(15-25-16-22)24(28)27(18(2)3)17-19-8-6-5-7-9-19/h5-16,18,26H,4,17H2,1-3H3. The number of nitrogens with zero attached hydrogens (tertiary/aromatic N) is 2. The summed E-state index contributed by atoms with van der Waals surface area (Å²) in [6.45, 7) is 7.20. The SMILES string of the molecule is CCOc1ccc(Nc2cncc(C(=O)N(Cc3ccccc3)C(C)C)c2)cc1. The Hall–Kier alpha value is -3.34. The first kappa shape index (κ1) is 20.4. The average Bonchev–Trinajstić information content (AvgIpc) is 2.74. The normalized spacial score (nSPS) is 10.6. The Morgan fingerprint density at radius 2 is 1.76 bits per heavy atom. The van der Waals surface area contributed by atoms with Crippen molar-refractivity contribution in [1.29, 1.82) is 0 Å². The Morgan fingerprint density at radius 1 is 1.03 bits per heavy atom. The monoisotopic (exact) mass is 389 g/mol. The molecule has 0 aliphatic carbocycles. The van der Waals surface area contributed by atoms with Gasteiger partial charge in [0.05, 0.1) is 24.1 Å². The van der Waals surface area contributed by atoms with Crippen LogP contribution < -0.4 is 10.1 Å². The molecule has 0 spiro atoms.